The number of hydrogen-bond acceptors (Lipinski definition) is 3. The third kappa shape index (κ3) is 65.9. The molecule has 0 aromatic rings. The van der Waals surface area contributed by atoms with Crippen LogP contribution in [0.25, 0.3) is 0 Å². The summed E-state index contributed by atoms with van der Waals surface area (Å²) in [5.74, 6) is -0.0315. The van der Waals surface area contributed by atoms with Crippen molar-refractivity contribution in [3.8, 4) is 0 Å². The maximum absolute atomic E-state index is 12.6. The van der Waals surface area contributed by atoms with E-state index in [9.17, 15) is 15.0 Å². The van der Waals surface area contributed by atoms with Crippen LogP contribution in [-0.2, 0) is 4.79 Å². The fraction of sp³-hybridized carbons (Fsp3) is 0.750. The van der Waals surface area contributed by atoms with Gasteiger partial charge in [-0.05, 0) is 83.5 Å². The van der Waals surface area contributed by atoms with Gasteiger partial charge in [0.1, 0.15) is 0 Å². The molecule has 2 atom stereocenters. The van der Waals surface area contributed by atoms with Gasteiger partial charge in [-0.2, -0.15) is 0 Å². The van der Waals surface area contributed by atoms with Crippen molar-refractivity contribution in [2.24, 2.45) is 0 Å². The molecule has 2 unspecified atom stereocenters. The Morgan fingerprint density at radius 2 is 0.550 bits per heavy atom. The Kier molecular flexibility index (Phi) is 67.7. The first-order chi connectivity index (χ1) is 39.7. The van der Waals surface area contributed by atoms with Crippen LogP contribution in [0.1, 0.15) is 348 Å². The highest BCUT2D eigenvalue weighted by Crippen LogP contribution is 2.18. The van der Waals surface area contributed by atoms with Crippen molar-refractivity contribution in [1.82, 2.24) is 5.32 Å². The number of hydrogen-bond donors (Lipinski definition) is 3. The zero-order chi connectivity index (χ0) is 57.6. The standard InChI is InChI=1S/C76H135NO3/c1-3-5-7-9-11-13-15-17-19-21-23-25-27-29-31-32-33-34-35-36-37-38-39-40-41-42-43-44-46-48-50-52-54-56-58-60-62-64-66-68-70-72-76(80)77-74(73-78)75(79)71-69-67-65-63-61-59-57-55-53-51-49-47-45-30-28-26-24-22-20-18-16-14-12-10-8-6-4-2/h5,7,11,13,17,19,23,25,29,31,33-34,36-37,39-40,42-43,74-75,78-79H,3-4,6,8-10,12,14-16,18,20-22,24,26-28,30,32,35,38,41,44-73H2,1-2H3,(H,77,80)/b7-5-,13-11-,19-17-,25-23-,31-29-,34-33-,37-36-,40-39-,43-42-. The van der Waals surface area contributed by atoms with Gasteiger partial charge in [-0.15, -0.1) is 0 Å². The van der Waals surface area contributed by atoms with Crippen LogP contribution in [0, 0.1) is 0 Å². The van der Waals surface area contributed by atoms with Crippen LogP contribution in [0.3, 0.4) is 0 Å². The molecule has 4 heteroatoms. The van der Waals surface area contributed by atoms with E-state index in [1.54, 1.807) is 0 Å². The third-order valence-corrected chi connectivity index (χ3v) is 15.8. The van der Waals surface area contributed by atoms with Gasteiger partial charge in [0.25, 0.3) is 0 Å². The minimum absolute atomic E-state index is 0.0315. The minimum Gasteiger partial charge on any atom is -0.394 e. The molecular weight excluding hydrogens is 975 g/mol. The summed E-state index contributed by atoms with van der Waals surface area (Å²) >= 11 is 0. The molecule has 1 amide bonds. The summed E-state index contributed by atoms with van der Waals surface area (Å²) in [6.07, 6.45) is 106. The van der Waals surface area contributed by atoms with Gasteiger partial charge in [-0.25, -0.2) is 0 Å². The molecule has 0 fully saturated rings. The fourth-order valence-corrected chi connectivity index (χ4v) is 10.5. The summed E-state index contributed by atoms with van der Waals surface area (Å²) < 4.78 is 0. The van der Waals surface area contributed by atoms with E-state index in [-0.39, 0.29) is 12.5 Å². The number of carbonyl (C=O) groups excluding carboxylic acids is 1. The van der Waals surface area contributed by atoms with Crippen molar-refractivity contribution in [3.63, 3.8) is 0 Å². The largest absolute Gasteiger partial charge is 0.394 e. The van der Waals surface area contributed by atoms with E-state index in [4.69, 9.17) is 0 Å². The molecule has 80 heavy (non-hydrogen) atoms. The van der Waals surface area contributed by atoms with Crippen LogP contribution in [0.15, 0.2) is 109 Å². The first-order valence-corrected chi connectivity index (χ1v) is 35.1. The van der Waals surface area contributed by atoms with Crippen LogP contribution in [-0.4, -0.2) is 34.9 Å². The van der Waals surface area contributed by atoms with E-state index >= 15 is 0 Å². The number of amides is 1. The monoisotopic (exact) mass is 1110 g/mol. The molecule has 0 aliphatic heterocycles. The molecule has 4 nitrogen and oxygen atoms in total. The first kappa shape index (κ1) is 77.0. The first-order valence-electron chi connectivity index (χ1n) is 35.1. The lowest BCUT2D eigenvalue weighted by atomic mass is 10.0. The summed E-state index contributed by atoms with van der Waals surface area (Å²) in [6.45, 7) is 4.27. The van der Waals surface area contributed by atoms with Crippen molar-refractivity contribution in [1.29, 1.82) is 0 Å². The van der Waals surface area contributed by atoms with E-state index in [1.807, 2.05) is 0 Å². The van der Waals surface area contributed by atoms with Crippen LogP contribution in [0.5, 0.6) is 0 Å². The average Bonchev–Trinajstić information content (AvgIpc) is 3.46. The van der Waals surface area contributed by atoms with Gasteiger partial charge in [-0.3, -0.25) is 4.79 Å². The molecule has 0 spiro atoms. The van der Waals surface area contributed by atoms with E-state index < -0.39 is 12.1 Å². The number of aliphatic hydroxyl groups is 2. The number of nitrogens with one attached hydrogen (secondary N) is 1. The Morgan fingerprint density at radius 1 is 0.312 bits per heavy atom. The van der Waals surface area contributed by atoms with Gasteiger partial charge in [0, 0.05) is 6.42 Å². The SMILES string of the molecule is CC/C=C\C/C=C\C/C=C\C/C=C\C/C=C\C/C=C\C/C=C\C/C=C\C/C=C\CCCCCCCCCCCCCCCC(=O)NC(CO)C(O)CCCCCCCCCCCCCCCCCCCCCCCCCCCCC. The topological polar surface area (TPSA) is 69.6 Å². The predicted octanol–water partition coefficient (Wildman–Crippen LogP) is 24.2. The highest BCUT2D eigenvalue weighted by Gasteiger charge is 2.20. The summed E-state index contributed by atoms with van der Waals surface area (Å²) in [6, 6.07) is -0.544. The number of carbonyl (C=O) groups is 1. The van der Waals surface area contributed by atoms with Crippen molar-refractivity contribution in [2.75, 3.05) is 6.61 Å². The van der Waals surface area contributed by atoms with Gasteiger partial charge >= 0.3 is 0 Å². The lowest BCUT2D eigenvalue weighted by molar-refractivity contribution is -0.123. The second-order valence-electron chi connectivity index (χ2n) is 23.6. The lowest BCUT2D eigenvalue weighted by Crippen LogP contribution is -2.45. The second kappa shape index (κ2) is 70.3. The Labute approximate surface area is 499 Å². The molecule has 0 aliphatic rings. The summed E-state index contributed by atoms with van der Waals surface area (Å²) in [5, 5.41) is 23.5. The molecule has 0 saturated carbocycles. The molecular formula is C76H135NO3. The Morgan fingerprint density at radius 3 is 0.825 bits per heavy atom. The molecule has 0 heterocycles. The normalized spacial score (nSPS) is 13.4. The van der Waals surface area contributed by atoms with E-state index in [0.29, 0.717) is 12.8 Å². The summed E-state index contributed by atoms with van der Waals surface area (Å²) in [5.41, 5.74) is 0. The Hall–Kier alpha value is -2.95. The van der Waals surface area contributed by atoms with Crippen LogP contribution < -0.4 is 5.32 Å². The highest BCUT2D eigenvalue weighted by atomic mass is 16.3. The summed E-state index contributed by atoms with van der Waals surface area (Å²) in [7, 11) is 0. The van der Waals surface area contributed by atoms with Gasteiger partial charge in [0.2, 0.25) is 5.91 Å². The predicted molar refractivity (Wildman–Crippen MR) is 359 cm³/mol. The number of allylic oxidation sites excluding steroid dienone is 18. The quantitative estimate of drug-likeness (QED) is 0.0420. The average molecular weight is 1110 g/mol. The van der Waals surface area contributed by atoms with Gasteiger partial charge in [0.05, 0.1) is 18.8 Å². The second-order valence-corrected chi connectivity index (χ2v) is 23.6. The zero-order valence-corrected chi connectivity index (χ0v) is 53.3. The molecule has 0 aromatic carbocycles. The lowest BCUT2D eigenvalue weighted by Gasteiger charge is -2.22. The molecule has 0 rings (SSSR count). The Bertz CT molecular complexity index is 1490. The number of aliphatic hydroxyl groups excluding tert-OH is 2. The van der Waals surface area contributed by atoms with Crippen molar-refractivity contribution < 1.29 is 15.0 Å². The highest BCUT2D eigenvalue weighted by molar-refractivity contribution is 5.76. The van der Waals surface area contributed by atoms with E-state index in [0.717, 1.165) is 83.5 Å². The van der Waals surface area contributed by atoms with Crippen LogP contribution in [0.2, 0.25) is 0 Å². The van der Waals surface area contributed by atoms with Crippen LogP contribution in [0.4, 0.5) is 0 Å². The number of unbranched alkanes of at least 4 members (excludes halogenated alkanes) is 39. The summed E-state index contributed by atoms with van der Waals surface area (Å²) in [4.78, 5) is 12.6. The fourth-order valence-electron chi connectivity index (χ4n) is 10.5. The molecule has 0 radical (unpaired) electrons. The maximum atomic E-state index is 12.6. The van der Waals surface area contributed by atoms with Gasteiger partial charge in [-0.1, -0.05) is 367 Å². The third-order valence-electron chi connectivity index (χ3n) is 15.8. The van der Waals surface area contributed by atoms with Gasteiger partial charge in [0.15, 0.2) is 0 Å². The molecule has 3 N–H and O–H groups in total. The molecule has 462 valence electrons. The number of rotatable bonds is 64. The van der Waals surface area contributed by atoms with Gasteiger partial charge < -0.3 is 15.5 Å². The van der Waals surface area contributed by atoms with Crippen molar-refractivity contribution >= 4 is 5.91 Å². The Balaban J connectivity index is 3.49. The molecule has 0 saturated heterocycles. The zero-order valence-electron chi connectivity index (χ0n) is 53.3. The van der Waals surface area contributed by atoms with E-state index in [1.165, 1.54) is 238 Å². The smallest absolute Gasteiger partial charge is 0.220 e. The van der Waals surface area contributed by atoms with E-state index in [2.05, 4.69) is 129 Å². The van der Waals surface area contributed by atoms with Crippen molar-refractivity contribution in [3.05, 3.63) is 109 Å². The maximum Gasteiger partial charge on any atom is 0.220 e. The van der Waals surface area contributed by atoms with Crippen molar-refractivity contribution in [2.45, 2.75) is 360 Å². The van der Waals surface area contributed by atoms with Crippen LogP contribution >= 0.6 is 0 Å². The molecule has 0 bridgehead atoms. The molecule has 0 aromatic heterocycles. The minimum atomic E-state index is -0.667. The molecule has 0 aliphatic carbocycles.